The van der Waals surface area contributed by atoms with E-state index in [1.54, 1.807) is 0 Å². The highest BCUT2D eigenvalue weighted by Gasteiger charge is 2.60. The van der Waals surface area contributed by atoms with Gasteiger partial charge < -0.3 is 11.5 Å². The highest BCUT2D eigenvalue weighted by Crippen LogP contribution is 2.62. The molecule has 4 N–H and O–H groups in total. The number of benzene rings is 2. The summed E-state index contributed by atoms with van der Waals surface area (Å²) in [6, 6.07) is 16.3. The average Bonchev–Trinajstić information content (AvgIpc) is 3.02. The van der Waals surface area contributed by atoms with E-state index in [2.05, 4.69) is 26.0 Å². The number of pyridine rings is 2. The highest BCUT2D eigenvalue weighted by atomic mass is 14.8. The minimum Gasteiger partial charge on any atom is -0.398 e. The number of nitrogens with two attached hydrogens (primary N) is 2. The standard InChI is InChI=1S/C24H22N4/c1-23-11-17-20(22(26)14-8-4-6-10-16(14)27-17)24(23,2)12-18-19(23)21(25)13-7-3-5-9-15(13)28-18/h3-10H,11-12H2,1-2H3,(H2,25,28)(H2,26,27)/t23-,24+. The molecule has 2 heterocycles. The lowest BCUT2D eigenvalue weighted by atomic mass is 9.66. The summed E-state index contributed by atoms with van der Waals surface area (Å²) < 4.78 is 0. The van der Waals surface area contributed by atoms with Crippen LogP contribution in [0.1, 0.15) is 36.4 Å². The second kappa shape index (κ2) is 4.82. The van der Waals surface area contributed by atoms with Gasteiger partial charge in [0.05, 0.1) is 11.0 Å². The van der Waals surface area contributed by atoms with Gasteiger partial charge in [-0.25, -0.2) is 0 Å². The van der Waals surface area contributed by atoms with Crippen LogP contribution in [-0.4, -0.2) is 9.97 Å². The van der Waals surface area contributed by atoms with E-state index in [0.29, 0.717) is 0 Å². The molecule has 0 saturated carbocycles. The first-order valence-electron chi connectivity index (χ1n) is 9.79. The third-order valence-electron chi connectivity index (χ3n) is 7.38. The van der Waals surface area contributed by atoms with E-state index >= 15 is 0 Å². The van der Waals surface area contributed by atoms with Gasteiger partial charge in [0.1, 0.15) is 0 Å². The Hall–Kier alpha value is -3.14. The van der Waals surface area contributed by atoms with Crippen molar-refractivity contribution >= 4 is 33.2 Å². The molecule has 138 valence electrons. The number of fused-ring (bicyclic) bond motifs is 7. The number of para-hydroxylation sites is 2. The predicted molar refractivity (Wildman–Crippen MR) is 114 cm³/mol. The lowest BCUT2D eigenvalue weighted by Crippen LogP contribution is -2.39. The van der Waals surface area contributed by atoms with E-state index in [-0.39, 0.29) is 10.8 Å². The van der Waals surface area contributed by atoms with Crippen molar-refractivity contribution in [1.29, 1.82) is 0 Å². The minimum absolute atomic E-state index is 0.162. The molecule has 2 aromatic carbocycles. The van der Waals surface area contributed by atoms with Crippen LogP contribution in [0.25, 0.3) is 21.8 Å². The maximum Gasteiger partial charge on any atom is 0.0726 e. The Bertz CT molecular complexity index is 1220. The lowest BCUT2D eigenvalue weighted by Gasteiger charge is -2.36. The zero-order valence-corrected chi connectivity index (χ0v) is 16.1. The molecule has 0 saturated heterocycles. The van der Waals surface area contributed by atoms with Gasteiger partial charge in [-0.2, -0.15) is 0 Å². The maximum atomic E-state index is 6.75. The summed E-state index contributed by atoms with van der Waals surface area (Å²) in [4.78, 5) is 10.0. The molecule has 0 radical (unpaired) electrons. The van der Waals surface area contributed by atoms with E-state index in [1.807, 2.05) is 36.4 Å². The van der Waals surface area contributed by atoms with Crippen molar-refractivity contribution in [2.45, 2.75) is 37.5 Å². The zero-order chi connectivity index (χ0) is 19.3. The van der Waals surface area contributed by atoms with E-state index < -0.39 is 0 Å². The number of aromatic nitrogens is 2. The van der Waals surface area contributed by atoms with Crippen LogP contribution in [0.5, 0.6) is 0 Å². The zero-order valence-electron chi connectivity index (χ0n) is 16.1. The van der Waals surface area contributed by atoms with Gasteiger partial charge in [-0.15, -0.1) is 0 Å². The normalized spacial score (nSPS) is 25.1. The summed E-state index contributed by atoms with van der Waals surface area (Å²) in [6.45, 7) is 4.63. The molecule has 0 bridgehead atoms. The largest absolute Gasteiger partial charge is 0.398 e. The van der Waals surface area contributed by atoms with Gasteiger partial charge in [0, 0.05) is 68.3 Å². The van der Waals surface area contributed by atoms with Crippen molar-refractivity contribution in [1.82, 2.24) is 9.97 Å². The van der Waals surface area contributed by atoms with Crippen LogP contribution in [0, 0.1) is 0 Å². The fourth-order valence-electron chi connectivity index (χ4n) is 5.86. The van der Waals surface area contributed by atoms with Gasteiger partial charge in [-0.3, -0.25) is 9.97 Å². The SMILES string of the molecule is C[C@@]12Cc3nc4ccccc4c(N)c3[C@@]1(C)Cc1nc3ccccc3c(N)c12. The van der Waals surface area contributed by atoms with E-state index in [9.17, 15) is 0 Å². The van der Waals surface area contributed by atoms with E-state index in [1.165, 1.54) is 11.1 Å². The van der Waals surface area contributed by atoms with E-state index in [4.69, 9.17) is 21.4 Å². The molecule has 0 amide bonds. The van der Waals surface area contributed by atoms with Crippen molar-refractivity contribution in [2.75, 3.05) is 11.5 Å². The van der Waals surface area contributed by atoms with Crippen LogP contribution in [0.15, 0.2) is 48.5 Å². The molecule has 0 unspecified atom stereocenters. The van der Waals surface area contributed by atoms with Crippen LogP contribution < -0.4 is 11.5 Å². The van der Waals surface area contributed by atoms with Crippen LogP contribution in [0.3, 0.4) is 0 Å². The number of hydrogen-bond donors (Lipinski definition) is 2. The topological polar surface area (TPSA) is 77.8 Å². The Labute approximate surface area is 163 Å². The Morgan fingerprint density at radius 1 is 0.679 bits per heavy atom. The molecular weight excluding hydrogens is 344 g/mol. The van der Waals surface area contributed by atoms with E-state index in [0.717, 1.165) is 57.4 Å². The molecule has 2 aromatic heterocycles. The van der Waals surface area contributed by atoms with Crippen molar-refractivity contribution < 1.29 is 0 Å². The molecule has 28 heavy (non-hydrogen) atoms. The van der Waals surface area contributed by atoms with Crippen molar-refractivity contribution in [2.24, 2.45) is 0 Å². The van der Waals surface area contributed by atoms with Gasteiger partial charge in [0.15, 0.2) is 0 Å². The quantitative estimate of drug-likeness (QED) is 0.487. The van der Waals surface area contributed by atoms with Gasteiger partial charge >= 0.3 is 0 Å². The Morgan fingerprint density at radius 3 is 1.50 bits per heavy atom. The minimum atomic E-state index is -0.162. The Balaban J connectivity index is 1.68. The van der Waals surface area contributed by atoms with Gasteiger partial charge in [0.2, 0.25) is 0 Å². The second-order valence-corrected chi connectivity index (χ2v) is 8.75. The molecule has 0 fully saturated rings. The second-order valence-electron chi connectivity index (χ2n) is 8.75. The van der Waals surface area contributed by atoms with Crippen molar-refractivity contribution in [3.63, 3.8) is 0 Å². The molecule has 4 aromatic rings. The molecule has 2 aliphatic rings. The van der Waals surface area contributed by atoms with Crippen LogP contribution >= 0.6 is 0 Å². The van der Waals surface area contributed by atoms with Crippen molar-refractivity contribution in [3.05, 3.63) is 71.0 Å². The fourth-order valence-corrected chi connectivity index (χ4v) is 5.86. The average molecular weight is 366 g/mol. The molecule has 4 heteroatoms. The first-order valence-corrected chi connectivity index (χ1v) is 9.79. The molecule has 6 rings (SSSR count). The number of anilines is 2. The third-order valence-corrected chi connectivity index (χ3v) is 7.38. The molecule has 2 aliphatic carbocycles. The van der Waals surface area contributed by atoms with Crippen molar-refractivity contribution in [3.8, 4) is 0 Å². The summed E-state index contributed by atoms with van der Waals surface area (Å²) in [6.07, 6.45) is 1.68. The molecular formula is C24H22N4. The summed E-state index contributed by atoms with van der Waals surface area (Å²) in [5.74, 6) is 0. The summed E-state index contributed by atoms with van der Waals surface area (Å²) in [5, 5.41) is 2.07. The lowest BCUT2D eigenvalue weighted by molar-refractivity contribution is 0.312. The van der Waals surface area contributed by atoms with Gasteiger partial charge in [-0.05, 0) is 12.1 Å². The summed E-state index contributed by atoms with van der Waals surface area (Å²) in [5.41, 5.74) is 21.4. The molecule has 0 aliphatic heterocycles. The predicted octanol–water partition coefficient (Wildman–Crippen LogP) is 4.28. The maximum absolute atomic E-state index is 6.75. The number of nitrogens with zero attached hydrogens (tertiary/aromatic N) is 2. The smallest absolute Gasteiger partial charge is 0.0726 e. The van der Waals surface area contributed by atoms with Crippen LogP contribution in [0.2, 0.25) is 0 Å². The van der Waals surface area contributed by atoms with Gasteiger partial charge in [-0.1, -0.05) is 50.2 Å². The Kier molecular flexibility index (Phi) is 2.73. The van der Waals surface area contributed by atoms with Gasteiger partial charge in [0.25, 0.3) is 0 Å². The first kappa shape index (κ1) is 15.9. The molecule has 4 nitrogen and oxygen atoms in total. The molecule has 2 atom stereocenters. The number of hydrogen-bond acceptors (Lipinski definition) is 4. The number of rotatable bonds is 0. The summed E-state index contributed by atoms with van der Waals surface area (Å²) in [7, 11) is 0. The molecule has 0 spiro atoms. The number of nitrogen functional groups attached to an aromatic ring is 2. The third kappa shape index (κ3) is 1.63. The monoisotopic (exact) mass is 366 g/mol. The van der Waals surface area contributed by atoms with Crippen LogP contribution in [-0.2, 0) is 23.7 Å². The highest BCUT2D eigenvalue weighted by molar-refractivity contribution is 5.96. The first-order chi connectivity index (χ1) is 13.4. The van der Waals surface area contributed by atoms with Crippen LogP contribution in [0.4, 0.5) is 11.4 Å². The fraction of sp³-hybridized carbons (Fsp3) is 0.250. The Morgan fingerprint density at radius 2 is 1.07 bits per heavy atom. The summed E-state index contributed by atoms with van der Waals surface area (Å²) >= 11 is 0.